The van der Waals surface area contributed by atoms with Crippen LogP contribution in [-0.4, -0.2) is 32.7 Å². The number of benzene rings is 2. The SMILES string of the molecule is CCC(=O)Nc1ccccc1-c1nnc(SCC(=O)Nc2cccc(C)c2)[nH]c1=O. The predicted molar refractivity (Wildman–Crippen MR) is 118 cm³/mol. The lowest BCUT2D eigenvalue weighted by atomic mass is 10.1. The second-order valence-corrected chi connectivity index (χ2v) is 7.43. The van der Waals surface area contributed by atoms with Crippen LogP contribution >= 0.6 is 11.8 Å². The van der Waals surface area contributed by atoms with Gasteiger partial charge in [-0.25, -0.2) is 0 Å². The number of aryl methyl sites for hydroxylation is 1. The smallest absolute Gasteiger partial charge is 0.278 e. The Morgan fingerprint density at radius 1 is 1.03 bits per heavy atom. The van der Waals surface area contributed by atoms with E-state index in [1.54, 1.807) is 37.3 Å². The average Bonchev–Trinajstić information content (AvgIpc) is 2.73. The summed E-state index contributed by atoms with van der Waals surface area (Å²) in [6.45, 7) is 3.68. The minimum atomic E-state index is -0.454. The number of nitrogens with zero attached hydrogens (tertiary/aromatic N) is 2. The van der Waals surface area contributed by atoms with Crippen LogP contribution in [0.4, 0.5) is 11.4 Å². The minimum absolute atomic E-state index is 0.0705. The molecule has 0 aliphatic rings. The molecule has 0 bridgehead atoms. The number of rotatable bonds is 7. The fourth-order valence-electron chi connectivity index (χ4n) is 2.65. The molecule has 2 aromatic carbocycles. The first-order valence-corrected chi connectivity index (χ1v) is 10.3. The van der Waals surface area contributed by atoms with E-state index in [1.165, 1.54) is 0 Å². The molecule has 0 spiro atoms. The Morgan fingerprint density at radius 3 is 2.57 bits per heavy atom. The first-order chi connectivity index (χ1) is 14.5. The van der Waals surface area contributed by atoms with Crippen molar-refractivity contribution in [3.05, 3.63) is 64.4 Å². The highest BCUT2D eigenvalue weighted by molar-refractivity contribution is 7.99. The van der Waals surface area contributed by atoms with Gasteiger partial charge in [-0.1, -0.05) is 49.0 Å². The normalized spacial score (nSPS) is 10.5. The van der Waals surface area contributed by atoms with Gasteiger partial charge in [0.15, 0.2) is 10.9 Å². The number of nitrogens with one attached hydrogen (secondary N) is 3. The van der Waals surface area contributed by atoms with Gasteiger partial charge in [0.25, 0.3) is 5.56 Å². The van der Waals surface area contributed by atoms with Crippen molar-refractivity contribution in [3.63, 3.8) is 0 Å². The van der Waals surface area contributed by atoms with E-state index in [1.807, 2.05) is 25.1 Å². The Morgan fingerprint density at radius 2 is 1.83 bits per heavy atom. The number of anilines is 2. The Bertz CT molecular complexity index is 1130. The van der Waals surface area contributed by atoms with E-state index in [4.69, 9.17) is 0 Å². The second-order valence-electron chi connectivity index (χ2n) is 6.46. The number of carbonyl (C=O) groups is 2. The summed E-state index contributed by atoms with van der Waals surface area (Å²) < 4.78 is 0. The van der Waals surface area contributed by atoms with E-state index in [-0.39, 0.29) is 28.4 Å². The largest absolute Gasteiger partial charge is 0.325 e. The van der Waals surface area contributed by atoms with Crippen LogP contribution in [0.25, 0.3) is 11.3 Å². The number of para-hydroxylation sites is 1. The first-order valence-electron chi connectivity index (χ1n) is 9.32. The standard InChI is InChI=1S/C21H21N5O3S/c1-3-17(27)23-16-10-5-4-9-15(16)19-20(29)24-21(26-25-19)30-12-18(28)22-14-8-6-7-13(2)11-14/h4-11H,3,12H2,1-2H3,(H,22,28)(H,23,27)(H,24,26,29). The third-order valence-electron chi connectivity index (χ3n) is 4.10. The van der Waals surface area contributed by atoms with Crippen LogP contribution in [0.3, 0.4) is 0 Å². The summed E-state index contributed by atoms with van der Waals surface area (Å²) in [5.74, 6) is -0.315. The van der Waals surface area contributed by atoms with Crippen LogP contribution in [0.2, 0.25) is 0 Å². The van der Waals surface area contributed by atoms with Gasteiger partial charge in [0.1, 0.15) is 0 Å². The van der Waals surface area contributed by atoms with Crippen LogP contribution < -0.4 is 16.2 Å². The molecule has 0 aliphatic heterocycles. The quantitative estimate of drug-likeness (QED) is 0.503. The molecule has 0 saturated heterocycles. The molecule has 0 aliphatic carbocycles. The fraction of sp³-hybridized carbons (Fsp3) is 0.190. The number of H-pyrrole nitrogens is 1. The van der Waals surface area contributed by atoms with Gasteiger partial charge in [-0.15, -0.1) is 10.2 Å². The summed E-state index contributed by atoms with van der Waals surface area (Å²) in [5, 5.41) is 13.8. The number of hydrogen-bond acceptors (Lipinski definition) is 6. The summed E-state index contributed by atoms with van der Waals surface area (Å²) in [6.07, 6.45) is 0.316. The third-order valence-corrected chi connectivity index (χ3v) is 4.96. The molecule has 0 unspecified atom stereocenters. The monoisotopic (exact) mass is 423 g/mol. The topological polar surface area (TPSA) is 117 Å². The Kier molecular flexibility index (Phi) is 6.97. The molecular weight excluding hydrogens is 402 g/mol. The van der Waals surface area contributed by atoms with E-state index in [0.29, 0.717) is 23.4 Å². The zero-order valence-corrected chi connectivity index (χ0v) is 17.4. The van der Waals surface area contributed by atoms with Crippen LogP contribution in [0.5, 0.6) is 0 Å². The van der Waals surface area contributed by atoms with Crippen molar-refractivity contribution in [1.82, 2.24) is 15.2 Å². The molecule has 1 aromatic heterocycles. The molecule has 8 nitrogen and oxygen atoms in total. The van der Waals surface area contributed by atoms with Gasteiger partial charge < -0.3 is 10.6 Å². The Labute approximate surface area is 177 Å². The van der Waals surface area contributed by atoms with Crippen molar-refractivity contribution >= 4 is 35.0 Å². The van der Waals surface area contributed by atoms with Crippen molar-refractivity contribution in [2.24, 2.45) is 0 Å². The highest BCUT2D eigenvalue weighted by atomic mass is 32.2. The van der Waals surface area contributed by atoms with Crippen molar-refractivity contribution < 1.29 is 9.59 Å². The summed E-state index contributed by atoms with van der Waals surface area (Å²) in [5.41, 5.74) is 2.35. The highest BCUT2D eigenvalue weighted by Gasteiger charge is 2.14. The minimum Gasteiger partial charge on any atom is -0.325 e. The number of hydrogen-bond donors (Lipinski definition) is 3. The van der Waals surface area contributed by atoms with Gasteiger partial charge in [-0.2, -0.15) is 0 Å². The lowest BCUT2D eigenvalue weighted by Gasteiger charge is -2.09. The van der Waals surface area contributed by atoms with Gasteiger partial charge in [0.05, 0.1) is 11.4 Å². The summed E-state index contributed by atoms with van der Waals surface area (Å²) in [4.78, 5) is 39.0. The van der Waals surface area contributed by atoms with Crippen LogP contribution in [-0.2, 0) is 9.59 Å². The maximum atomic E-state index is 12.5. The molecule has 0 fully saturated rings. The summed E-state index contributed by atoms with van der Waals surface area (Å²) >= 11 is 1.08. The molecule has 0 saturated carbocycles. The first kappa shape index (κ1) is 21.3. The maximum Gasteiger partial charge on any atom is 0.278 e. The number of aromatic nitrogens is 3. The van der Waals surface area contributed by atoms with Gasteiger partial charge in [-0.05, 0) is 30.7 Å². The predicted octanol–water partition coefficient (Wildman–Crippen LogP) is 3.22. The molecule has 0 atom stereocenters. The van der Waals surface area contributed by atoms with Crippen LogP contribution in [0.1, 0.15) is 18.9 Å². The van der Waals surface area contributed by atoms with Crippen molar-refractivity contribution in [2.75, 3.05) is 16.4 Å². The fourth-order valence-corrected chi connectivity index (χ4v) is 3.26. The zero-order valence-electron chi connectivity index (χ0n) is 16.6. The molecule has 0 radical (unpaired) electrons. The van der Waals surface area contributed by atoms with Gasteiger partial charge >= 0.3 is 0 Å². The number of aromatic amines is 1. The molecule has 1 heterocycles. The molecule has 3 N–H and O–H groups in total. The van der Waals surface area contributed by atoms with Crippen molar-refractivity contribution in [3.8, 4) is 11.3 Å². The number of carbonyl (C=O) groups excluding carboxylic acids is 2. The molecule has 2 amide bonds. The third kappa shape index (κ3) is 5.54. The number of thioether (sulfide) groups is 1. The van der Waals surface area contributed by atoms with E-state index in [0.717, 1.165) is 17.3 Å². The van der Waals surface area contributed by atoms with E-state index in [9.17, 15) is 14.4 Å². The van der Waals surface area contributed by atoms with E-state index in [2.05, 4.69) is 25.8 Å². The Hall–Kier alpha value is -3.46. The highest BCUT2D eigenvalue weighted by Crippen LogP contribution is 2.24. The van der Waals surface area contributed by atoms with Gasteiger partial charge in [0, 0.05) is 17.7 Å². The lowest BCUT2D eigenvalue weighted by Crippen LogP contribution is -2.18. The Balaban J connectivity index is 1.70. The maximum absolute atomic E-state index is 12.5. The molecule has 9 heteroatoms. The summed E-state index contributed by atoms with van der Waals surface area (Å²) in [7, 11) is 0. The molecule has 30 heavy (non-hydrogen) atoms. The number of amides is 2. The summed E-state index contributed by atoms with van der Waals surface area (Å²) in [6, 6.07) is 14.4. The molecule has 3 aromatic rings. The van der Waals surface area contributed by atoms with Gasteiger partial charge in [0.2, 0.25) is 11.8 Å². The second kappa shape index (κ2) is 9.84. The van der Waals surface area contributed by atoms with Crippen LogP contribution in [0.15, 0.2) is 58.5 Å². The lowest BCUT2D eigenvalue weighted by molar-refractivity contribution is -0.116. The molecule has 154 valence electrons. The van der Waals surface area contributed by atoms with E-state index >= 15 is 0 Å². The van der Waals surface area contributed by atoms with Crippen molar-refractivity contribution in [2.45, 2.75) is 25.4 Å². The molecular formula is C21H21N5O3S. The van der Waals surface area contributed by atoms with Crippen LogP contribution in [0, 0.1) is 6.92 Å². The zero-order chi connectivity index (χ0) is 21.5. The average molecular weight is 423 g/mol. The van der Waals surface area contributed by atoms with E-state index < -0.39 is 5.56 Å². The van der Waals surface area contributed by atoms with Crippen molar-refractivity contribution in [1.29, 1.82) is 0 Å². The van der Waals surface area contributed by atoms with Gasteiger partial charge in [-0.3, -0.25) is 19.4 Å². The molecule has 3 rings (SSSR count).